The lowest BCUT2D eigenvalue weighted by atomic mass is 10.2. The van der Waals surface area contributed by atoms with E-state index in [2.05, 4.69) is 32.5 Å². The summed E-state index contributed by atoms with van der Waals surface area (Å²) in [6, 6.07) is 6.07. The van der Waals surface area contributed by atoms with Crippen molar-refractivity contribution in [2.24, 2.45) is 0 Å². The largest absolute Gasteiger partial charge is 0.493 e. The van der Waals surface area contributed by atoms with Gasteiger partial charge in [0.05, 0.1) is 13.4 Å². The normalized spacial score (nSPS) is 11.0. The molecule has 0 amide bonds. The summed E-state index contributed by atoms with van der Waals surface area (Å²) in [7, 11) is 3.76. The molecule has 1 aromatic carbocycles. The fourth-order valence-electron chi connectivity index (χ4n) is 2.49. The summed E-state index contributed by atoms with van der Waals surface area (Å²) in [5.41, 5.74) is 1.18. The second-order valence-electron chi connectivity index (χ2n) is 5.74. The number of likely N-dealkylation sites (N-methyl/N-ethyl adjacent to an activating group) is 1. The van der Waals surface area contributed by atoms with E-state index < -0.39 is 0 Å². The Bertz CT molecular complexity index is 759. The average molecular weight is 358 g/mol. The number of methoxy groups -OCH3 is 1. The third-order valence-corrected chi connectivity index (χ3v) is 4.57. The van der Waals surface area contributed by atoms with Crippen molar-refractivity contribution >= 4 is 11.3 Å². The molecule has 0 aliphatic heterocycles. The standard InChI is InChI=1S/C18H22N4O2S/c1-21(8-9-22-7-5-19-14-22)12-15-3-4-16(23-2)17(11-15)24-13-18-20-6-10-25-18/h3-7,10-11,14H,8-9,12-13H2,1-2H3. The zero-order chi connectivity index (χ0) is 17.5. The van der Waals surface area contributed by atoms with Crippen LogP contribution in [0, 0.1) is 0 Å². The van der Waals surface area contributed by atoms with E-state index in [4.69, 9.17) is 9.47 Å². The smallest absolute Gasteiger partial charge is 0.162 e. The number of hydrogen-bond donors (Lipinski definition) is 0. The molecule has 7 heteroatoms. The molecule has 0 saturated carbocycles. The molecule has 0 saturated heterocycles. The first-order chi connectivity index (χ1) is 12.2. The summed E-state index contributed by atoms with van der Waals surface area (Å²) in [4.78, 5) is 10.6. The van der Waals surface area contributed by atoms with E-state index in [9.17, 15) is 0 Å². The third-order valence-electron chi connectivity index (χ3n) is 3.81. The van der Waals surface area contributed by atoms with Crippen LogP contribution in [-0.2, 0) is 19.7 Å². The van der Waals surface area contributed by atoms with Crippen molar-refractivity contribution in [3.8, 4) is 11.5 Å². The van der Waals surface area contributed by atoms with Gasteiger partial charge in [-0.3, -0.25) is 0 Å². The molecule has 0 N–H and O–H groups in total. The molecule has 3 aromatic rings. The lowest BCUT2D eigenvalue weighted by molar-refractivity contribution is 0.281. The van der Waals surface area contributed by atoms with Crippen molar-refractivity contribution in [3.63, 3.8) is 0 Å². The SMILES string of the molecule is COc1ccc(CN(C)CCn2ccnc2)cc1OCc1nccs1. The summed E-state index contributed by atoms with van der Waals surface area (Å²) >= 11 is 1.58. The molecule has 0 aliphatic carbocycles. The van der Waals surface area contributed by atoms with Gasteiger partial charge in [-0.05, 0) is 24.7 Å². The summed E-state index contributed by atoms with van der Waals surface area (Å²) in [6.45, 7) is 3.15. The molecule has 0 fully saturated rings. The third kappa shape index (κ3) is 5.04. The van der Waals surface area contributed by atoms with Crippen LogP contribution in [0.4, 0.5) is 0 Å². The lowest BCUT2D eigenvalue weighted by Gasteiger charge is -2.18. The molecule has 0 radical (unpaired) electrons. The van der Waals surface area contributed by atoms with Crippen molar-refractivity contribution in [1.29, 1.82) is 0 Å². The second-order valence-corrected chi connectivity index (χ2v) is 6.72. The van der Waals surface area contributed by atoms with Crippen molar-refractivity contribution in [2.45, 2.75) is 19.7 Å². The number of nitrogens with zero attached hydrogens (tertiary/aromatic N) is 4. The molecule has 2 aromatic heterocycles. The highest BCUT2D eigenvalue weighted by Gasteiger charge is 2.09. The fourth-order valence-corrected chi connectivity index (χ4v) is 3.02. The second kappa shape index (κ2) is 8.64. The van der Waals surface area contributed by atoms with Crippen LogP contribution < -0.4 is 9.47 Å². The quantitative estimate of drug-likeness (QED) is 0.588. The number of imidazole rings is 1. The van der Waals surface area contributed by atoms with Crippen LogP contribution in [0.3, 0.4) is 0 Å². The van der Waals surface area contributed by atoms with Gasteiger partial charge in [-0.15, -0.1) is 11.3 Å². The minimum Gasteiger partial charge on any atom is -0.493 e. The molecule has 25 heavy (non-hydrogen) atoms. The van der Waals surface area contributed by atoms with Gasteiger partial charge >= 0.3 is 0 Å². The fraction of sp³-hybridized carbons (Fsp3) is 0.333. The Morgan fingerprint density at radius 2 is 2.16 bits per heavy atom. The van der Waals surface area contributed by atoms with Crippen LogP contribution in [0.5, 0.6) is 11.5 Å². The van der Waals surface area contributed by atoms with Crippen LogP contribution in [-0.4, -0.2) is 40.1 Å². The Kier molecular flexibility index (Phi) is 6.03. The van der Waals surface area contributed by atoms with E-state index in [0.29, 0.717) is 6.61 Å². The molecule has 0 aliphatic rings. The summed E-state index contributed by atoms with van der Waals surface area (Å²) in [5, 5.41) is 2.89. The van der Waals surface area contributed by atoms with Gasteiger partial charge in [0.2, 0.25) is 0 Å². The van der Waals surface area contributed by atoms with Gasteiger partial charge in [-0.1, -0.05) is 6.07 Å². The minimum absolute atomic E-state index is 0.452. The van der Waals surface area contributed by atoms with E-state index in [0.717, 1.165) is 36.1 Å². The molecule has 3 rings (SSSR count). The van der Waals surface area contributed by atoms with Crippen molar-refractivity contribution in [3.05, 3.63) is 59.1 Å². The Morgan fingerprint density at radius 1 is 1.24 bits per heavy atom. The Balaban J connectivity index is 1.59. The predicted octanol–water partition coefficient (Wildman–Crippen LogP) is 3.06. The van der Waals surface area contributed by atoms with Crippen LogP contribution in [0.25, 0.3) is 0 Å². The van der Waals surface area contributed by atoms with E-state index in [1.807, 2.05) is 30.0 Å². The number of aromatic nitrogens is 3. The van der Waals surface area contributed by atoms with Gasteiger partial charge in [-0.2, -0.15) is 0 Å². The average Bonchev–Trinajstić information content (AvgIpc) is 3.32. The molecule has 0 spiro atoms. The van der Waals surface area contributed by atoms with E-state index in [-0.39, 0.29) is 0 Å². The van der Waals surface area contributed by atoms with Crippen molar-refractivity contribution < 1.29 is 9.47 Å². The van der Waals surface area contributed by atoms with Crippen LogP contribution in [0.2, 0.25) is 0 Å². The van der Waals surface area contributed by atoms with Gasteiger partial charge in [-0.25, -0.2) is 9.97 Å². The van der Waals surface area contributed by atoms with Crippen LogP contribution in [0.1, 0.15) is 10.6 Å². The molecular formula is C18H22N4O2S. The number of hydrogen-bond acceptors (Lipinski definition) is 6. The Morgan fingerprint density at radius 3 is 2.88 bits per heavy atom. The monoisotopic (exact) mass is 358 g/mol. The predicted molar refractivity (Wildman–Crippen MR) is 98.0 cm³/mol. The van der Waals surface area contributed by atoms with Gasteiger partial charge in [0.1, 0.15) is 11.6 Å². The Labute approximate surface area is 151 Å². The van der Waals surface area contributed by atoms with E-state index in [1.165, 1.54) is 5.56 Å². The van der Waals surface area contributed by atoms with Crippen LogP contribution >= 0.6 is 11.3 Å². The van der Waals surface area contributed by atoms with Gasteiger partial charge < -0.3 is 18.9 Å². The van der Waals surface area contributed by atoms with Crippen molar-refractivity contribution in [1.82, 2.24) is 19.4 Å². The van der Waals surface area contributed by atoms with Gasteiger partial charge in [0.15, 0.2) is 11.5 Å². The number of benzene rings is 1. The van der Waals surface area contributed by atoms with E-state index in [1.54, 1.807) is 30.8 Å². The highest BCUT2D eigenvalue weighted by atomic mass is 32.1. The first-order valence-corrected chi connectivity index (χ1v) is 8.95. The minimum atomic E-state index is 0.452. The summed E-state index contributed by atoms with van der Waals surface area (Å²) < 4.78 is 13.4. The first kappa shape index (κ1) is 17.4. The maximum absolute atomic E-state index is 5.91. The molecule has 0 bridgehead atoms. The maximum Gasteiger partial charge on any atom is 0.162 e. The molecule has 0 atom stereocenters. The zero-order valence-electron chi connectivity index (χ0n) is 14.5. The first-order valence-electron chi connectivity index (χ1n) is 8.07. The molecule has 2 heterocycles. The molecular weight excluding hydrogens is 336 g/mol. The summed E-state index contributed by atoms with van der Waals surface area (Å²) in [5.74, 6) is 1.49. The molecule has 6 nitrogen and oxygen atoms in total. The maximum atomic E-state index is 5.91. The number of ether oxygens (including phenoxy) is 2. The zero-order valence-corrected chi connectivity index (χ0v) is 15.3. The highest BCUT2D eigenvalue weighted by molar-refractivity contribution is 7.09. The van der Waals surface area contributed by atoms with Gasteiger partial charge in [0.25, 0.3) is 0 Å². The summed E-state index contributed by atoms with van der Waals surface area (Å²) in [6.07, 6.45) is 7.40. The van der Waals surface area contributed by atoms with Crippen molar-refractivity contribution in [2.75, 3.05) is 20.7 Å². The van der Waals surface area contributed by atoms with E-state index >= 15 is 0 Å². The molecule has 0 unspecified atom stereocenters. The van der Waals surface area contributed by atoms with Crippen LogP contribution in [0.15, 0.2) is 48.5 Å². The van der Waals surface area contributed by atoms with Gasteiger partial charge in [0, 0.05) is 43.6 Å². The highest BCUT2D eigenvalue weighted by Crippen LogP contribution is 2.29. The lowest BCUT2D eigenvalue weighted by Crippen LogP contribution is -2.22. The topological polar surface area (TPSA) is 52.4 Å². The molecule has 132 valence electrons. The number of thiazole rings is 1. The Hall–Kier alpha value is -2.38. The number of rotatable bonds is 9.